The summed E-state index contributed by atoms with van der Waals surface area (Å²) in [6, 6.07) is 11.9. The van der Waals surface area contributed by atoms with Crippen LogP contribution in [-0.2, 0) is 23.4 Å². The standard InChI is InChI=1S/C22H24FNO3/c1-21(2)14-22(21,17-4-6-18(23)7-5-17)20(26)24-9-10-27-19-8-3-15(13-25)11-16(19)12-24/h3-8,11,25H,9-10,12-14H2,1-2H3. The third kappa shape index (κ3) is 2.90. The van der Waals surface area contributed by atoms with Crippen molar-refractivity contribution in [1.29, 1.82) is 0 Å². The van der Waals surface area contributed by atoms with E-state index in [0.29, 0.717) is 19.7 Å². The number of hydrogen-bond acceptors (Lipinski definition) is 3. The lowest BCUT2D eigenvalue weighted by Crippen LogP contribution is -2.42. The summed E-state index contributed by atoms with van der Waals surface area (Å²) >= 11 is 0. The molecule has 27 heavy (non-hydrogen) atoms. The Morgan fingerprint density at radius 3 is 2.56 bits per heavy atom. The number of aliphatic hydroxyl groups is 1. The lowest BCUT2D eigenvalue weighted by atomic mass is 9.86. The van der Waals surface area contributed by atoms with Crippen LogP contribution in [0, 0.1) is 11.2 Å². The van der Waals surface area contributed by atoms with Crippen LogP contribution in [0.3, 0.4) is 0 Å². The molecule has 0 bridgehead atoms. The molecule has 2 aromatic rings. The molecule has 1 saturated carbocycles. The van der Waals surface area contributed by atoms with Crippen LogP contribution < -0.4 is 4.74 Å². The van der Waals surface area contributed by atoms with Crippen molar-refractivity contribution in [1.82, 2.24) is 4.90 Å². The summed E-state index contributed by atoms with van der Waals surface area (Å²) in [5, 5.41) is 9.41. The van der Waals surface area contributed by atoms with Crippen molar-refractivity contribution in [2.24, 2.45) is 5.41 Å². The average molecular weight is 369 g/mol. The van der Waals surface area contributed by atoms with Crippen molar-refractivity contribution in [2.75, 3.05) is 13.2 Å². The second-order valence-corrected chi connectivity index (χ2v) is 8.15. The molecule has 4 nitrogen and oxygen atoms in total. The Bertz CT molecular complexity index is 878. The van der Waals surface area contributed by atoms with Crippen molar-refractivity contribution < 1.29 is 19.0 Å². The molecule has 0 spiro atoms. The van der Waals surface area contributed by atoms with Gasteiger partial charge in [0, 0.05) is 12.1 Å². The minimum absolute atomic E-state index is 0.0478. The molecule has 1 atom stereocenters. The molecule has 1 unspecified atom stereocenters. The van der Waals surface area contributed by atoms with E-state index in [9.17, 15) is 14.3 Å². The fourth-order valence-corrected chi connectivity index (χ4v) is 4.32. The van der Waals surface area contributed by atoms with Gasteiger partial charge in [0.1, 0.15) is 18.2 Å². The van der Waals surface area contributed by atoms with Crippen LogP contribution in [-0.4, -0.2) is 29.1 Å². The highest BCUT2D eigenvalue weighted by Crippen LogP contribution is 2.65. The number of fused-ring (bicyclic) bond motifs is 1. The maximum Gasteiger partial charge on any atom is 0.234 e. The van der Waals surface area contributed by atoms with Crippen molar-refractivity contribution in [3.63, 3.8) is 0 Å². The molecular weight excluding hydrogens is 345 g/mol. The van der Waals surface area contributed by atoms with Crippen molar-refractivity contribution in [2.45, 2.75) is 38.8 Å². The molecule has 1 N–H and O–H groups in total. The van der Waals surface area contributed by atoms with E-state index in [1.54, 1.807) is 12.1 Å². The van der Waals surface area contributed by atoms with E-state index in [1.165, 1.54) is 12.1 Å². The van der Waals surface area contributed by atoms with E-state index in [4.69, 9.17) is 4.74 Å². The van der Waals surface area contributed by atoms with Gasteiger partial charge in [0.05, 0.1) is 18.6 Å². The zero-order chi connectivity index (χ0) is 19.2. The van der Waals surface area contributed by atoms with Gasteiger partial charge in [0.2, 0.25) is 5.91 Å². The first-order valence-electron chi connectivity index (χ1n) is 9.28. The van der Waals surface area contributed by atoms with Crippen LogP contribution in [0.15, 0.2) is 42.5 Å². The SMILES string of the molecule is CC1(C)CC1(C(=O)N1CCOc2ccc(CO)cc2C1)c1ccc(F)cc1. The summed E-state index contributed by atoms with van der Waals surface area (Å²) < 4.78 is 19.2. The number of rotatable bonds is 3. The van der Waals surface area contributed by atoms with Crippen LogP contribution >= 0.6 is 0 Å². The molecule has 5 heteroatoms. The van der Waals surface area contributed by atoms with Crippen LogP contribution in [0.1, 0.15) is 37.0 Å². The molecule has 142 valence electrons. The minimum atomic E-state index is -0.625. The summed E-state index contributed by atoms with van der Waals surface area (Å²) in [6.07, 6.45) is 0.741. The first kappa shape index (κ1) is 18.0. The Morgan fingerprint density at radius 2 is 1.93 bits per heavy atom. The second-order valence-electron chi connectivity index (χ2n) is 8.15. The van der Waals surface area contributed by atoms with Gasteiger partial charge in [-0.25, -0.2) is 4.39 Å². The van der Waals surface area contributed by atoms with Gasteiger partial charge < -0.3 is 14.7 Å². The Hall–Kier alpha value is -2.40. The number of halogens is 1. The fourth-order valence-electron chi connectivity index (χ4n) is 4.32. The molecule has 0 radical (unpaired) electrons. The summed E-state index contributed by atoms with van der Waals surface area (Å²) in [4.78, 5) is 15.5. The highest BCUT2D eigenvalue weighted by molar-refractivity contribution is 5.93. The van der Waals surface area contributed by atoms with Gasteiger partial charge in [0.25, 0.3) is 0 Å². The summed E-state index contributed by atoms with van der Waals surface area (Å²) in [5.74, 6) is 0.520. The summed E-state index contributed by atoms with van der Waals surface area (Å²) in [6.45, 7) is 5.49. The molecule has 0 aromatic heterocycles. The molecule has 2 aromatic carbocycles. The zero-order valence-corrected chi connectivity index (χ0v) is 15.7. The number of amides is 1. The molecular formula is C22H24FNO3. The van der Waals surface area contributed by atoms with Crippen molar-refractivity contribution in [3.05, 3.63) is 65.0 Å². The minimum Gasteiger partial charge on any atom is -0.491 e. The van der Waals surface area contributed by atoms with Gasteiger partial charge in [-0.2, -0.15) is 0 Å². The van der Waals surface area contributed by atoms with E-state index in [2.05, 4.69) is 13.8 Å². The maximum atomic E-state index is 13.6. The zero-order valence-electron chi connectivity index (χ0n) is 15.7. The molecule has 1 aliphatic carbocycles. The Labute approximate surface area is 158 Å². The second kappa shape index (κ2) is 6.34. The van der Waals surface area contributed by atoms with Gasteiger partial charge in [-0.3, -0.25) is 4.79 Å². The van der Waals surface area contributed by atoms with E-state index in [1.807, 2.05) is 23.1 Å². The van der Waals surface area contributed by atoms with E-state index in [0.717, 1.165) is 28.9 Å². The van der Waals surface area contributed by atoms with Crippen LogP contribution in [0.2, 0.25) is 0 Å². The maximum absolute atomic E-state index is 13.6. The van der Waals surface area contributed by atoms with Gasteiger partial charge in [-0.1, -0.05) is 32.0 Å². The fraction of sp³-hybridized carbons (Fsp3) is 0.409. The lowest BCUT2D eigenvalue weighted by Gasteiger charge is -2.28. The first-order valence-corrected chi connectivity index (χ1v) is 9.28. The molecule has 1 heterocycles. The van der Waals surface area contributed by atoms with Crippen LogP contribution in [0.4, 0.5) is 4.39 Å². The van der Waals surface area contributed by atoms with Crippen LogP contribution in [0.25, 0.3) is 0 Å². The highest BCUT2D eigenvalue weighted by Gasteiger charge is 2.68. The number of benzene rings is 2. The smallest absolute Gasteiger partial charge is 0.234 e. The van der Waals surface area contributed by atoms with Gasteiger partial charge in [-0.15, -0.1) is 0 Å². The van der Waals surface area contributed by atoms with Crippen molar-refractivity contribution in [3.8, 4) is 5.75 Å². The average Bonchev–Trinajstić information content (AvgIpc) is 3.31. The number of ether oxygens (including phenoxy) is 1. The topological polar surface area (TPSA) is 49.8 Å². The molecule has 2 aliphatic rings. The predicted molar refractivity (Wildman–Crippen MR) is 99.8 cm³/mol. The molecule has 1 fully saturated rings. The van der Waals surface area contributed by atoms with E-state index >= 15 is 0 Å². The molecule has 1 aliphatic heterocycles. The van der Waals surface area contributed by atoms with E-state index in [-0.39, 0.29) is 23.7 Å². The van der Waals surface area contributed by atoms with Crippen LogP contribution in [0.5, 0.6) is 5.75 Å². The number of nitrogens with zero attached hydrogens (tertiary/aromatic N) is 1. The van der Waals surface area contributed by atoms with Gasteiger partial charge in [-0.05, 0) is 47.2 Å². The van der Waals surface area contributed by atoms with Crippen molar-refractivity contribution >= 4 is 5.91 Å². The third-order valence-corrected chi connectivity index (χ3v) is 6.01. The van der Waals surface area contributed by atoms with Gasteiger partial charge in [0.15, 0.2) is 0 Å². The third-order valence-electron chi connectivity index (χ3n) is 6.01. The summed E-state index contributed by atoms with van der Waals surface area (Å²) in [7, 11) is 0. The quantitative estimate of drug-likeness (QED) is 0.902. The number of carbonyl (C=O) groups is 1. The molecule has 1 amide bonds. The normalized spacial score (nSPS) is 23.2. The largest absolute Gasteiger partial charge is 0.491 e. The van der Waals surface area contributed by atoms with E-state index < -0.39 is 5.41 Å². The number of aliphatic hydroxyl groups excluding tert-OH is 1. The first-order chi connectivity index (χ1) is 12.9. The monoisotopic (exact) mass is 369 g/mol. The Morgan fingerprint density at radius 1 is 1.22 bits per heavy atom. The lowest BCUT2D eigenvalue weighted by molar-refractivity contribution is -0.135. The highest BCUT2D eigenvalue weighted by atomic mass is 19.1. The number of hydrogen-bond donors (Lipinski definition) is 1. The molecule has 4 rings (SSSR count). The summed E-state index contributed by atoms with van der Waals surface area (Å²) in [5.41, 5.74) is 1.77. The Kier molecular flexibility index (Phi) is 4.22. The number of carbonyl (C=O) groups excluding carboxylic acids is 1. The molecule has 0 saturated heterocycles. The van der Waals surface area contributed by atoms with Gasteiger partial charge >= 0.3 is 0 Å². The Balaban J connectivity index is 1.67. The predicted octanol–water partition coefficient (Wildman–Crippen LogP) is 3.41.